The summed E-state index contributed by atoms with van der Waals surface area (Å²) in [6.45, 7) is 6.21. The Hall–Kier alpha value is -2.84. The molecule has 0 fully saturated rings. The van der Waals surface area contributed by atoms with Gasteiger partial charge >= 0.3 is 0 Å². The fourth-order valence-electron chi connectivity index (χ4n) is 3.97. The summed E-state index contributed by atoms with van der Waals surface area (Å²) in [5.74, 6) is -0.144. The average molecular weight is 487 g/mol. The summed E-state index contributed by atoms with van der Waals surface area (Å²) >= 11 is 1.29. The number of ketones is 1. The minimum atomic E-state index is -0.701. The Balaban J connectivity index is 2.01. The molecule has 7 nitrogen and oxygen atoms in total. The van der Waals surface area contributed by atoms with Gasteiger partial charge < -0.3 is 24.4 Å². The molecule has 0 bridgehead atoms. The van der Waals surface area contributed by atoms with Gasteiger partial charge in [0, 0.05) is 6.54 Å². The van der Waals surface area contributed by atoms with Crippen LogP contribution in [0.15, 0.2) is 47.0 Å². The monoisotopic (exact) mass is 486 g/mol. The fourth-order valence-corrected chi connectivity index (χ4v) is 4.65. The molecule has 0 spiro atoms. The first kappa shape index (κ1) is 25.8. The minimum absolute atomic E-state index is 0.111. The molecule has 1 unspecified atom stereocenters. The van der Waals surface area contributed by atoms with Gasteiger partial charge in [-0.3, -0.25) is 9.59 Å². The SMILES string of the molecule is CCCCOc1ccc(C2C(C(=O)c3cccs3)=C(O)C(=O)N2CCCN(C)C)cc1OCC. The summed E-state index contributed by atoms with van der Waals surface area (Å²) in [5.41, 5.74) is 0.813. The molecule has 1 atom stereocenters. The van der Waals surface area contributed by atoms with Crippen molar-refractivity contribution in [2.75, 3.05) is 40.4 Å². The molecule has 0 aliphatic carbocycles. The number of thiophene rings is 1. The van der Waals surface area contributed by atoms with Gasteiger partial charge in [-0.05, 0) is 69.5 Å². The van der Waals surface area contributed by atoms with Crippen LogP contribution in [-0.4, -0.2) is 67.0 Å². The lowest BCUT2D eigenvalue weighted by molar-refractivity contribution is -0.129. The lowest BCUT2D eigenvalue weighted by Gasteiger charge is -2.28. The number of Topliss-reactive ketones (excluding diaryl/α,β-unsaturated/α-hetero) is 1. The summed E-state index contributed by atoms with van der Waals surface area (Å²) in [7, 11) is 3.94. The lowest BCUT2D eigenvalue weighted by atomic mass is 9.95. The fraction of sp³-hybridized carbons (Fsp3) is 0.462. The third-order valence-electron chi connectivity index (χ3n) is 5.64. The average Bonchev–Trinajstić information content (AvgIpc) is 3.43. The highest BCUT2D eigenvalue weighted by Crippen LogP contribution is 2.42. The maximum absolute atomic E-state index is 13.4. The third-order valence-corrected chi connectivity index (χ3v) is 6.51. The van der Waals surface area contributed by atoms with Crippen molar-refractivity contribution < 1.29 is 24.2 Å². The molecule has 1 aromatic carbocycles. The Morgan fingerprint density at radius 1 is 1.15 bits per heavy atom. The van der Waals surface area contributed by atoms with Crippen LogP contribution in [0.25, 0.3) is 0 Å². The molecule has 1 aliphatic heterocycles. The molecule has 8 heteroatoms. The van der Waals surface area contributed by atoms with Crippen LogP contribution in [0, 0.1) is 0 Å². The number of ether oxygens (including phenoxy) is 2. The van der Waals surface area contributed by atoms with Gasteiger partial charge in [-0.15, -0.1) is 11.3 Å². The van der Waals surface area contributed by atoms with Gasteiger partial charge in [0.1, 0.15) is 0 Å². The van der Waals surface area contributed by atoms with Crippen LogP contribution in [-0.2, 0) is 4.79 Å². The summed E-state index contributed by atoms with van der Waals surface area (Å²) in [6.07, 6.45) is 2.66. The molecule has 34 heavy (non-hydrogen) atoms. The number of aliphatic hydroxyl groups excluding tert-OH is 1. The second-order valence-electron chi connectivity index (χ2n) is 8.47. The predicted molar refractivity (Wildman–Crippen MR) is 134 cm³/mol. The van der Waals surface area contributed by atoms with Crippen LogP contribution in [0.2, 0.25) is 0 Å². The van der Waals surface area contributed by atoms with E-state index in [4.69, 9.17) is 9.47 Å². The van der Waals surface area contributed by atoms with E-state index in [1.807, 2.05) is 44.1 Å². The summed E-state index contributed by atoms with van der Waals surface area (Å²) < 4.78 is 11.7. The van der Waals surface area contributed by atoms with E-state index in [1.54, 1.807) is 22.4 Å². The third kappa shape index (κ3) is 5.80. The van der Waals surface area contributed by atoms with Gasteiger partial charge in [-0.25, -0.2) is 0 Å². The first-order valence-corrected chi connectivity index (χ1v) is 12.6. The van der Waals surface area contributed by atoms with Gasteiger partial charge in [0.15, 0.2) is 17.3 Å². The Morgan fingerprint density at radius 2 is 1.94 bits per heavy atom. The number of hydrogen-bond acceptors (Lipinski definition) is 7. The molecule has 3 rings (SSSR count). The van der Waals surface area contributed by atoms with Crippen molar-refractivity contribution in [2.45, 2.75) is 39.2 Å². The largest absolute Gasteiger partial charge is 0.503 e. The van der Waals surface area contributed by atoms with Gasteiger partial charge in [0.05, 0.1) is 29.7 Å². The number of nitrogens with zero attached hydrogens (tertiary/aromatic N) is 2. The maximum Gasteiger partial charge on any atom is 0.290 e. The molecule has 1 N–H and O–H groups in total. The first-order valence-electron chi connectivity index (χ1n) is 11.8. The van der Waals surface area contributed by atoms with Gasteiger partial charge in [0.2, 0.25) is 5.78 Å². The second kappa shape index (κ2) is 12.0. The van der Waals surface area contributed by atoms with Crippen LogP contribution >= 0.6 is 11.3 Å². The minimum Gasteiger partial charge on any atom is -0.503 e. The highest BCUT2D eigenvalue weighted by Gasteiger charge is 2.44. The number of unbranched alkanes of at least 4 members (excludes halogenated alkanes) is 1. The molecule has 0 saturated carbocycles. The lowest BCUT2D eigenvalue weighted by Crippen LogP contribution is -2.33. The van der Waals surface area contributed by atoms with E-state index in [0.29, 0.717) is 48.1 Å². The van der Waals surface area contributed by atoms with E-state index >= 15 is 0 Å². The molecule has 1 aromatic heterocycles. The molecule has 1 amide bonds. The molecule has 0 radical (unpaired) electrons. The number of aliphatic hydroxyl groups is 1. The predicted octanol–water partition coefficient (Wildman–Crippen LogP) is 4.86. The Bertz CT molecular complexity index is 1020. The van der Waals surface area contributed by atoms with Crippen molar-refractivity contribution >= 4 is 23.0 Å². The van der Waals surface area contributed by atoms with Crippen molar-refractivity contribution in [2.24, 2.45) is 0 Å². The van der Waals surface area contributed by atoms with Gasteiger partial charge in [0.25, 0.3) is 5.91 Å². The molecule has 0 saturated heterocycles. The zero-order valence-electron chi connectivity index (χ0n) is 20.4. The highest BCUT2D eigenvalue weighted by molar-refractivity contribution is 7.12. The summed E-state index contributed by atoms with van der Waals surface area (Å²) in [4.78, 5) is 30.6. The van der Waals surface area contributed by atoms with Crippen molar-refractivity contribution in [3.63, 3.8) is 0 Å². The number of carbonyl (C=O) groups excluding carboxylic acids is 2. The van der Waals surface area contributed by atoms with Gasteiger partial charge in [-0.1, -0.05) is 25.5 Å². The van der Waals surface area contributed by atoms with Crippen LogP contribution in [0.5, 0.6) is 11.5 Å². The standard InChI is InChI=1S/C26H34N2O5S/c1-5-7-15-33-19-12-11-18(17-20(19)32-6-2)23-22(24(29)21-10-8-16-34-21)25(30)26(31)28(23)14-9-13-27(3)4/h8,10-12,16-17,23,30H,5-7,9,13-15H2,1-4H3. The zero-order valence-corrected chi connectivity index (χ0v) is 21.2. The summed E-state index contributed by atoms with van der Waals surface area (Å²) in [5, 5.41) is 12.6. The Labute approximate surface area is 205 Å². The number of rotatable bonds is 13. The number of carbonyl (C=O) groups is 2. The van der Waals surface area contributed by atoms with Crippen LogP contribution < -0.4 is 9.47 Å². The van der Waals surface area contributed by atoms with Crippen LogP contribution in [0.3, 0.4) is 0 Å². The van der Waals surface area contributed by atoms with E-state index in [0.717, 1.165) is 19.4 Å². The van der Waals surface area contributed by atoms with E-state index in [9.17, 15) is 14.7 Å². The molecular formula is C26H34N2O5S. The number of hydrogen-bond donors (Lipinski definition) is 1. The number of amides is 1. The molecule has 184 valence electrons. The normalized spacial score (nSPS) is 16.0. The molecule has 2 heterocycles. The van der Waals surface area contributed by atoms with Crippen molar-refractivity contribution in [3.8, 4) is 11.5 Å². The Kier molecular flexibility index (Phi) is 9.12. The van der Waals surface area contributed by atoms with Crippen molar-refractivity contribution in [3.05, 3.63) is 57.5 Å². The number of benzene rings is 1. The quantitative estimate of drug-likeness (QED) is 0.322. The van der Waals surface area contributed by atoms with Crippen molar-refractivity contribution in [1.82, 2.24) is 9.80 Å². The van der Waals surface area contributed by atoms with E-state index in [2.05, 4.69) is 6.92 Å². The molecule has 1 aliphatic rings. The molecular weight excluding hydrogens is 452 g/mol. The van der Waals surface area contributed by atoms with Gasteiger partial charge in [-0.2, -0.15) is 0 Å². The highest BCUT2D eigenvalue weighted by atomic mass is 32.1. The first-order chi connectivity index (χ1) is 16.4. The summed E-state index contributed by atoms with van der Waals surface area (Å²) in [6, 6.07) is 8.28. The van der Waals surface area contributed by atoms with E-state index in [-0.39, 0.29) is 11.4 Å². The van der Waals surface area contributed by atoms with Crippen LogP contribution in [0.1, 0.15) is 54.4 Å². The topological polar surface area (TPSA) is 79.3 Å². The second-order valence-corrected chi connectivity index (χ2v) is 9.42. The smallest absolute Gasteiger partial charge is 0.290 e. The van der Waals surface area contributed by atoms with Crippen molar-refractivity contribution in [1.29, 1.82) is 0 Å². The zero-order chi connectivity index (χ0) is 24.7. The molecule has 2 aromatic rings. The van der Waals surface area contributed by atoms with E-state index < -0.39 is 17.7 Å². The van der Waals surface area contributed by atoms with E-state index in [1.165, 1.54) is 11.3 Å². The van der Waals surface area contributed by atoms with Crippen LogP contribution in [0.4, 0.5) is 0 Å². The Morgan fingerprint density at radius 3 is 2.59 bits per heavy atom. The maximum atomic E-state index is 13.4.